The molecule has 0 aromatic carbocycles. The molecule has 0 aliphatic heterocycles. The molecule has 0 atom stereocenters. The minimum absolute atomic E-state index is 0.790. The van der Waals surface area contributed by atoms with Crippen LogP contribution in [0.1, 0.15) is 5.69 Å². The normalized spacial score (nSPS) is 10.8. The molecule has 0 aliphatic rings. The first kappa shape index (κ1) is 11.1. The van der Waals surface area contributed by atoms with Crippen molar-refractivity contribution in [2.75, 3.05) is 33.9 Å². The molecule has 1 aromatic heterocycles. The van der Waals surface area contributed by atoms with Gasteiger partial charge in [0.15, 0.2) is 0 Å². The highest BCUT2D eigenvalue weighted by atomic mass is 16.5. The van der Waals surface area contributed by atoms with Crippen molar-refractivity contribution in [3.05, 3.63) is 30.1 Å². The molecule has 0 fully saturated rings. The zero-order valence-corrected chi connectivity index (χ0v) is 8.94. The maximum Gasteiger partial charge on any atom is 0.0589 e. The minimum Gasteiger partial charge on any atom is -0.383 e. The Morgan fingerprint density at radius 1 is 1.36 bits per heavy atom. The lowest BCUT2D eigenvalue weighted by Gasteiger charge is -2.15. The predicted octanol–water partition coefficient (Wildman–Crippen LogP) is 1.20. The molecular formula is C11H18N2O. The van der Waals surface area contributed by atoms with Gasteiger partial charge in [0.2, 0.25) is 0 Å². The van der Waals surface area contributed by atoms with E-state index in [9.17, 15) is 0 Å². The monoisotopic (exact) mass is 194 g/mol. The molecular weight excluding hydrogens is 176 g/mol. The third-order valence-corrected chi connectivity index (χ3v) is 2.15. The summed E-state index contributed by atoms with van der Waals surface area (Å²) in [5.74, 6) is 0. The smallest absolute Gasteiger partial charge is 0.0589 e. The number of nitrogens with zero attached hydrogens (tertiary/aromatic N) is 2. The average molecular weight is 194 g/mol. The van der Waals surface area contributed by atoms with E-state index >= 15 is 0 Å². The lowest BCUT2D eigenvalue weighted by atomic mass is 10.2. The Bertz CT molecular complexity index is 238. The first-order valence-electron chi connectivity index (χ1n) is 4.90. The maximum absolute atomic E-state index is 5.01. The Hall–Kier alpha value is -0.930. The second-order valence-electron chi connectivity index (χ2n) is 3.37. The van der Waals surface area contributed by atoms with Gasteiger partial charge < -0.3 is 9.64 Å². The van der Waals surface area contributed by atoms with Crippen molar-refractivity contribution in [2.45, 2.75) is 6.42 Å². The molecule has 0 bridgehead atoms. The number of rotatable bonds is 6. The van der Waals surface area contributed by atoms with E-state index in [-0.39, 0.29) is 0 Å². The Morgan fingerprint density at radius 2 is 2.21 bits per heavy atom. The second kappa shape index (κ2) is 6.51. The number of hydrogen-bond donors (Lipinski definition) is 0. The Balaban J connectivity index is 2.20. The van der Waals surface area contributed by atoms with Crippen molar-refractivity contribution in [3.8, 4) is 0 Å². The van der Waals surface area contributed by atoms with E-state index in [2.05, 4.69) is 23.0 Å². The molecule has 0 spiro atoms. The van der Waals surface area contributed by atoms with Crippen molar-refractivity contribution >= 4 is 0 Å². The van der Waals surface area contributed by atoms with Gasteiger partial charge in [0.05, 0.1) is 6.61 Å². The van der Waals surface area contributed by atoms with Gasteiger partial charge in [-0.25, -0.2) is 0 Å². The van der Waals surface area contributed by atoms with E-state index in [1.807, 2.05) is 18.3 Å². The van der Waals surface area contributed by atoms with Crippen LogP contribution in [0.3, 0.4) is 0 Å². The second-order valence-corrected chi connectivity index (χ2v) is 3.37. The molecule has 14 heavy (non-hydrogen) atoms. The number of likely N-dealkylation sites (N-methyl/N-ethyl adjacent to an activating group) is 1. The lowest BCUT2D eigenvalue weighted by molar-refractivity contribution is 0.162. The minimum atomic E-state index is 0.790. The fourth-order valence-electron chi connectivity index (χ4n) is 1.21. The van der Waals surface area contributed by atoms with Gasteiger partial charge in [-0.05, 0) is 19.2 Å². The number of aromatic nitrogens is 1. The zero-order valence-electron chi connectivity index (χ0n) is 8.94. The highest BCUT2D eigenvalue weighted by Crippen LogP contribution is 1.96. The van der Waals surface area contributed by atoms with Gasteiger partial charge in [-0.2, -0.15) is 0 Å². The third kappa shape index (κ3) is 4.35. The van der Waals surface area contributed by atoms with Gasteiger partial charge in [0.25, 0.3) is 0 Å². The van der Waals surface area contributed by atoms with Crippen molar-refractivity contribution in [3.63, 3.8) is 0 Å². The van der Waals surface area contributed by atoms with Crippen LogP contribution in [0.4, 0.5) is 0 Å². The molecule has 0 unspecified atom stereocenters. The van der Waals surface area contributed by atoms with Crippen LogP contribution in [-0.2, 0) is 11.2 Å². The fraction of sp³-hybridized carbons (Fsp3) is 0.545. The van der Waals surface area contributed by atoms with Gasteiger partial charge >= 0.3 is 0 Å². The zero-order chi connectivity index (χ0) is 10.2. The van der Waals surface area contributed by atoms with E-state index in [1.54, 1.807) is 7.11 Å². The van der Waals surface area contributed by atoms with E-state index in [4.69, 9.17) is 4.74 Å². The van der Waals surface area contributed by atoms with Crippen LogP contribution < -0.4 is 0 Å². The Morgan fingerprint density at radius 3 is 2.86 bits per heavy atom. The molecule has 0 saturated heterocycles. The number of ether oxygens (including phenoxy) is 1. The summed E-state index contributed by atoms with van der Waals surface area (Å²) in [6, 6.07) is 6.03. The molecule has 3 nitrogen and oxygen atoms in total. The van der Waals surface area contributed by atoms with Crippen LogP contribution >= 0.6 is 0 Å². The molecule has 0 saturated carbocycles. The largest absolute Gasteiger partial charge is 0.383 e. The first-order chi connectivity index (χ1) is 6.83. The topological polar surface area (TPSA) is 25.4 Å². The number of hydrogen-bond acceptors (Lipinski definition) is 3. The van der Waals surface area contributed by atoms with Crippen LogP contribution in [0.25, 0.3) is 0 Å². The van der Waals surface area contributed by atoms with Gasteiger partial charge in [-0.15, -0.1) is 0 Å². The van der Waals surface area contributed by atoms with Crippen LogP contribution in [0.5, 0.6) is 0 Å². The van der Waals surface area contributed by atoms with Crippen LogP contribution in [0, 0.1) is 0 Å². The number of pyridine rings is 1. The van der Waals surface area contributed by atoms with Crippen LogP contribution in [-0.4, -0.2) is 43.7 Å². The third-order valence-electron chi connectivity index (χ3n) is 2.15. The summed E-state index contributed by atoms with van der Waals surface area (Å²) in [5.41, 5.74) is 1.15. The van der Waals surface area contributed by atoms with E-state index in [0.717, 1.165) is 31.8 Å². The van der Waals surface area contributed by atoms with Crippen molar-refractivity contribution in [1.82, 2.24) is 9.88 Å². The first-order valence-corrected chi connectivity index (χ1v) is 4.90. The fourth-order valence-corrected chi connectivity index (χ4v) is 1.21. The summed E-state index contributed by atoms with van der Waals surface area (Å²) in [6.45, 7) is 2.79. The average Bonchev–Trinajstić information content (AvgIpc) is 2.25. The summed E-state index contributed by atoms with van der Waals surface area (Å²) in [7, 11) is 3.83. The maximum atomic E-state index is 5.01. The molecule has 0 amide bonds. The van der Waals surface area contributed by atoms with Gasteiger partial charge in [-0.1, -0.05) is 6.07 Å². The van der Waals surface area contributed by atoms with Crippen LogP contribution in [0.15, 0.2) is 24.4 Å². The van der Waals surface area contributed by atoms with Crippen LogP contribution in [0.2, 0.25) is 0 Å². The molecule has 3 heteroatoms. The standard InChI is InChI=1S/C11H18N2O/c1-13(9-10-14-2)8-6-11-5-3-4-7-12-11/h3-5,7H,6,8-10H2,1-2H3. The summed E-state index contributed by atoms with van der Waals surface area (Å²) < 4.78 is 5.01. The van der Waals surface area contributed by atoms with E-state index < -0.39 is 0 Å². The highest BCUT2D eigenvalue weighted by Gasteiger charge is 1.98. The van der Waals surface area contributed by atoms with Crippen molar-refractivity contribution in [2.24, 2.45) is 0 Å². The van der Waals surface area contributed by atoms with Gasteiger partial charge in [0.1, 0.15) is 0 Å². The van der Waals surface area contributed by atoms with E-state index in [0.29, 0.717) is 0 Å². The summed E-state index contributed by atoms with van der Waals surface area (Å²) >= 11 is 0. The molecule has 1 heterocycles. The molecule has 0 radical (unpaired) electrons. The molecule has 1 rings (SSSR count). The van der Waals surface area contributed by atoms with Crippen molar-refractivity contribution in [1.29, 1.82) is 0 Å². The molecule has 0 N–H and O–H groups in total. The van der Waals surface area contributed by atoms with E-state index in [1.165, 1.54) is 0 Å². The highest BCUT2D eigenvalue weighted by molar-refractivity contribution is 5.03. The SMILES string of the molecule is COCCN(C)CCc1ccccn1. The lowest BCUT2D eigenvalue weighted by Crippen LogP contribution is -2.25. The molecule has 78 valence electrons. The summed E-state index contributed by atoms with van der Waals surface area (Å²) in [6.07, 6.45) is 2.84. The van der Waals surface area contributed by atoms with Crippen molar-refractivity contribution < 1.29 is 4.74 Å². The van der Waals surface area contributed by atoms with Gasteiger partial charge in [-0.3, -0.25) is 4.98 Å². The summed E-state index contributed by atoms with van der Waals surface area (Å²) in [4.78, 5) is 6.52. The Labute approximate surface area is 85.7 Å². The molecule has 0 aliphatic carbocycles. The predicted molar refractivity (Wildman–Crippen MR) is 57.3 cm³/mol. The summed E-state index contributed by atoms with van der Waals surface area (Å²) in [5, 5.41) is 0. The number of methoxy groups -OCH3 is 1. The van der Waals surface area contributed by atoms with Gasteiger partial charge in [0, 0.05) is 38.5 Å². The quantitative estimate of drug-likeness (QED) is 0.680. The molecule has 1 aromatic rings. The Kier molecular flexibility index (Phi) is 5.19.